The molecule has 0 spiro atoms. The predicted octanol–water partition coefficient (Wildman–Crippen LogP) is 6.00. The molecular formula is C21H40N2O5SSi2. The largest absolute Gasteiger partial charge is 0.417 e. The molecule has 7 nitrogen and oxygen atoms in total. The molecule has 1 rings (SSSR count). The zero-order chi connectivity index (χ0) is 24.5. The van der Waals surface area contributed by atoms with Gasteiger partial charge < -0.3 is 4.43 Å². The van der Waals surface area contributed by atoms with Gasteiger partial charge in [-0.3, -0.25) is 10.1 Å². The van der Waals surface area contributed by atoms with E-state index in [0.29, 0.717) is 13.0 Å². The van der Waals surface area contributed by atoms with Gasteiger partial charge in [-0.25, -0.2) is 12.4 Å². The number of hydrogen-bond donors (Lipinski definition) is 0. The molecule has 0 aromatic heterocycles. The molecule has 0 heterocycles. The van der Waals surface area contributed by atoms with Crippen LogP contribution in [0.1, 0.15) is 48.0 Å². The van der Waals surface area contributed by atoms with E-state index in [9.17, 15) is 18.5 Å². The number of rotatable bonds is 9. The molecule has 0 atom stereocenters. The Kier molecular flexibility index (Phi) is 8.50. The van der Waals surface area contributed by atoms with Crippen molar-refractivity contribution in [2.45, 2.75) is 89.1 Å². The van der Waals surface area contributed by atoms with E-state index in [1.807, 2.05) is 33.9 Å². The second-order valence-corrected chi connectivity index (χ2v) is 23.2. The Hall–Kier alpha value is -1.08. The average Bonchev–Trinajstić information content (AvgIpc) is 2.59. The van der Waals surface area contributed by atoms with Crippen LogP contribution >= 0.6 is 0 Å². The fourth-order valence-corrected chi connectivity index (χ4v) is 10.1. The summed E-state index contributed by atoms with van der Waals surface area (Å²) in [5, 5.41) is 11.3. The van der Waals surface area contributed by atoms with Crippen molar-refractivity contribution in [2.24, 2.45) is 0 Å². The highest BCUT2D eigenvalue weighted by atomic mass is 32.2. The fourth-order valence-electron chi connectivity index (χ4n) is 2.77. The van der Waals surface area contributed by atoms with Gasteiger partial charge in [0, 0.05) is 19.2 Å². The van der Waals surface area contributed by atoms with Gasteiger partial charge in [0.05, 0.1) is 4.92 Å². The summed E-state index contributed by atoms with van der Waals surface area (Å²) in [4.78, 5) is 10.7. The van der Waals surface area contributed by atoms with E-state index < -0.39 is 31.5 Å². The first-order valence-corrected chi connectivity index (χ1v) is 18.0. The highest BCUT2D eigenvalue weighted by Crippen LogP contribution is 2.42. The van der Waals surface area contributed by atoms with Crippen molar-refractivity contribution in [1.29, 1.82) is 0 Å². The molecule has 0 aliphatic heterocycles. The molecule has 0 unspecified atom stereocenters. The SMILES string of the molecule is CC(C)(C)[Si](C)(C)OCCCN([Si](C)(C)C(C)(C)C)S(=O)(=O)c1ccccc1[N+](=O)[O-]. The average molecular weight is 489 g/mol. The van der Waals surface area contributed by atoms with E-state index in [4.69, 9.17) is 4.43 Å². The van der Waals surface area contributed by atoms with E-state index in [1.165, 1.54) is 24.3 Å². The Morgan fingerprint density at radius 3 is 1.97 bits per heavy atom. The van der Waals surface area contributed by atoms with Gasteiger partial charge in [-0.05, 0) is 35.7 Å². The van der Waals surface area contributed by atoms with Gasteiger partial charge in [-0.2, -0.15) is 0 Å². The lowest BCUT2D eigenvalue weighted by Gasteiger charge is -2.45. The first-order valence-electron chi connectivity index (χ1n) is 10.7. The van der Waals surface area contributed by atoms with Crippen molar-refractivity contribution in [3.05, 3.63) is 34.4 Å². The van der Waals surface area contributed by atoms with Crippen LogP contribution in [-0.2, 0) is 14.4 Å². The number of nitrogens with zero attached hydrogens (tertiary/aromatic N) is 2. The van der Waals surface area contributed by atoms with Crippen LogP contribution in [0, 0.1) is 10.1 Å². The number of hydrogen-bond acceptors (Lipinski definition) is 5. The molecule has 0 N–H and O–H groups in total. The van der Waals surface area contributed by atoms with Gasteiger partial charge in [0.2, 0.25) is 10.0 Å². The normalized spacial score (nSPS) is 14.2. The fraction of sp³-hybridized carbons (Fsp3) is 0.714. The number of nitro benzene ring substituents is 1. The van der Waals surface area contributed by atoms with Gasteiger partial charge in [-0.15, -0.1) is 0 Å². The molecule has 178 valence electrons. The number of para-hydroxylation sites is 1. The lowest BCUT2D eigenvalue weighted by atomic mass is 10.2. The van der Waals surface area contributed by atoms with Crippen LogP contribution in [0.2, 0.25) is 36.3 Å². The number of benzene rings is 1. The van der Waals surface area contributed by atoms with Crippen LogP contribution in [0.3, 0.4) is 0 Å². The quantitative estimate of drug-likeness (QED) is 0.184. The highest BCUT2D eigenvalue weighted by molar-refractivity contribution is 7.90. The molecule has 0 aliphatic carbocycles. The van der Waals surface area contributed by atoms with Crippen LogP contribution < -0.4 is 0 Å². The highest BCUT2D eigenvalue weighted by Gasteiger charge is 2.48. The molecule has 1 aromatic carbocycles. The number of nitro groups is 1. The third-order valence-corrected chi connectivity index (χ3v) is 20.3. The molecule has 0 radical (unpaired) electrons. The summed E-state index contributed by atoms with van der Waals surface area (Å²) >= 11 is 0. The Morgan fingerprint density at radius 2 is 1.52 bits per heavy atom. The van der Waals surface area contributed by atoms with Crippen molar-refractivity contribution in [1.82, 2.24) is 3.97 Å². The van der Waals surface area contributed by atoms with Crippen LogP contribution in [0.5, 0.6) is 0 Å². The van der Waals surface area contributed by atoms with Gasteiger partial charge >= 0.3 is 0 Å². The topological polar surface area (TPSA) is 89.8 Å². The molecular weight excluding hydrogens is 448 g/mol. The van der Waals surface area contributed by atoms with Crippen LogP contribution in [0.15, 0.2) is 29.2 Å². The van der Waals surface area contributed by atoms with E-state index in [0.717, 1.165) is 0 Å². The van der Waals surface area contributed by atoms with E-state index >= 15 is 0 Å². The van der Waals surface area contributed by atoms with Crippen molar-refractivity contribution >= 4 is 32.3 Å². The minimum absolute atomic E-state index is 0.0723. The van der Waals surface area contributed by atoms with Crippen molar-refractivity contribution in [3.63, 3.8) is 0 Å². The monoisotopic (exact) mass is 488 g/mol. The first kappa shape index (κ1) is 28.0. The van der Waals surface area contributed by atoms with E-state index in [-0.39, 0.29) is 27.2 Å². The third-order valence-electron chi connectivity index (χ3n) is 6.86. The van der Waals surface area contributed by atoms with Crippen LogP contribution in [0.25, 0.3) is 0 Å². The maximum atomic E-state index is 13.7. The Labute approximate surface area is 190 Å². The first-order chi connectivity index (χ1) is 13.8. The molecule has 31 heavy (non-hydrogen) atoms. The number of sulfonamides is 1. The lowest BCUT2D eigenvalue weighted by Crippen LogP contribution is -2.57. The van der Waals surface area contributed by atoms with E-state index in [1.54, 1.807) is 3.97 Å². The van der Waals surface area contributed by atoms with Gasteiger partial charge in [0.25, 0.3) is 5.69 Å². The summed E-state index contributed by atoms with van der Waals surface area (Å²) in [6.45, 7) is 21.7. The Balaban J connectivity index is 3.31. The second-order valence-electron chi connectivity index (χ2n) is 11.1. The van der Waals surface area contributed by atoms with Gasteiger partial charge in [0.15, 0.2) is 13.2 Å². The van der Waals surface area contributed by atoms with Crippen LogP contribution in [0.4, 0.5) is 5.69 Å². The lowest BCUT2D eigenvalue weighted by molar-refractivity contribution is -0.387. The summed E-state index contributed by atoms with van der Waals surface area (Å²) < 4.78 is 35.3. The summed E-state index contributed by atoms with van der Waals surface area (Å²) in [5.41, 5.74) is -0.385. The van der Waals surface area contributed by atoms with Gasteiger partial charge in [0.1, 0.15) is 8.24 Å². The Bertz CT molecular complexity index is 888. The molecule has 0 amide bonds. The predicted molar refractivity (Wildman–Crippen MR) is 132 cm³/mol. The summed E-state index contributed by atoms with van der Waals surface area (Å²) in [6, 6.07) is 5.60. The molecule has 1 aromatic rings. The van der Waals surface area contributed by atoms with Crippen molar-refractivity contribution in [3.8, 4) is 0 Å². The maximum absolute atomic E-state index is 13.7. The second kappa shape index (κ2) is 9.42. The molecule has 10 heteroatoms. The molecule has 0 saturated heterocycles. The molecule has 0 fully saturated rings. The maximum Gasteiger partial charge on any atom is 0.289 e. The standard InChI is InChI=1S/C21H40N2O5SSi2/c1-20(2,3)30(7,8)22(16-13-17-28-31(9,10)21(4,5)6)29(26,27)19-15-12-11-14-18(19)23(24)25/h11-12,14-15H,13,16-17H2,1-10H3. The van der Waals surface area contributed by atoms with E-state index in [2.05, 4.69) is 33.9 Å². The zero-order valence-electron chi connectivity index (χ0n) is 20.8. The minimum atomic E-state index is -4.05. The molecule has 0 aliphatic rings. The van der Waals surface area contributed by atoms with Crippen molar-refractivity contribution < 1.29 is 17.8 Å². The Morgan fingerprint density at radius 1 is 1.00 bits per heavy atom. The minimum Gasteiger partial charge on any atom is -0.417 e. The summed E-state index contributed by atoms with van der Waals surface area (Å²) in [7, 11) is -8.56. The van der Waals surface area contributed by atoms with Gasteiger partial charge in [-0.1, -0.05) is 66.8 Å². The third kappa shape index (κ3) is 6.25. The summed E-state index contributed by atoms with van der Waals surface area (Å²) in [5.74, 6) is 0. The zero-order valence-corrected chi connectivity index (χ0v) is 23.6. The van der Waals surface area contributed by atoms with Crippen molar-refractivity contribution in [2.75, 3.05) is 13.2 Å². The molecule has 0 bridgehead atoms. The molecule has 0 saturated carbocycles. The van der Waals surface area contributed by atoms with Crippen LogP contribution in [-0.4, -0.2) is 47.0 Å². The smallest absolute Gasteiger partial charge is 0.289 e. The summed E-state index contributed by atoms with van der Waals surface area (Å²) in [6.07, 6.45) is 0.541.